The van der Waals surface area contributed by atoms with Crippen molar-refractivity contribution in [3.63, 3.8) is 0 Å². The highest BCUT2D eigenvalue weighted by molar-refractivity contribution is 5.47. The molecule has 1 aliphatic heterocycles. The molecule has 2 heterocycles. The van der Waals surface area contributed by atoms with Crippen LogP contribution in [0.5, 0.6) is 0 Å². The molecule has 0 N–H and O–H groups in total. The summed E-state index contributed by atoms with van der Waals surface area (Å²) in [5.41, 5.74) is 1.29. The highest BCUT2D eigenvalue weighted by Gasteiger charge is 2.14. The van der Waals surface area contributed by atoms with E-state index in [0.717, 1.165) is 24.6 Å². The van der Waals surface area contributed by atoms with Crippen LogP contribution in [0.25, 0.3) is 0 Å². The van der Waals surface area contributed by atoms with Gasteiger partial charge in [-0.3, -0.25) is 0 Å². The van der Waals surface area contributed by atoms with Gasteiger partial charge in [0.2, 0.25) is 0 Å². The molecule has 0 aliphatic carbocycles. The molecule has 1 aliphatic rings. The maximum atomic E-state index is 4.41. The van der Waals surface area contributed by atoms with E-state index in [1.807, 2.05) is 13.1 Å². The van der Waals surface area contributed by atoms with Crippen LogP contribution in [0, 0.1) is 6.92 Å². The molecule has 3 heteroatoms. The van der Waals surface area contributed by atoms with E-state index in [4.69, 9.17) is 0 Å². The van der Waals surface area contributed by atoms with Gasteiger partial charge in [0.05, 0.1) is 0 Å². The third-order valence-electron chi connectivity index (χ3n) is 2.26. The van der Waals surface area contributed by atoms with Gasteiger partial charge in [0.1, 0.15) is 11.6 Å². The van der Waals surface area contributed by atoms with Crippen molar-refractivity contribution < 1.29 is 0 Å². The van der Waals surface area contributed by atoms with Crippen molar-refractivity contribution in [1.82, 2.24) is 9.97 Å². The van der Waals surface area contributed by atoms with Crippen LogP contribution >= 0.6 is 0 Å². The maximum absolute atomic E-state index is 4.41. The summed E-state index contributed by atoms with van der Waals surface area (Å²) in [7, 11) is 2.09. The first-order chi connectivity index (χ1) is 5.77. The van der Waals surface area contributed by atoms with Crippen LogP contribution in [0.3, 0.4) is 0 Å². The van der Waals surface area contributed by atoms with Crippen molar-refractivity contribution in [2.45, 2.75) is 19.8 Å². The molecular weight excluding hydrogens is 150 g/mol. The van der Waals surface area contributed by atoms with Gasteiger partial charge in [-0.2, -0.15) is 0 Å². The van der Waals surface area contributed by atoms with Gasteiger partial charge in [-0.25, -0.2) is 9.97 Å². The fourth-order valence-electron chi connectivity index (χ4n) is 1.60. The van der Waals surface area contributed by atoms with Crippen LogP contribution in [0.1, 0.15) is 17.8 Å². The summed E-state index contributed by atoms with van der Waals surface area (Å²) in [4.78, 5) is 10.8. The van der Waals surface area contributed by atoms with Crippen LogP contribution in [-0.2, 0) is 6.42 Å². The van der Waals surface area contributed by atoms with Crippen LogP contribution in [0.4, 0.5) is 5.82 Å². The Bertz CT molecular complexity index is 296. The number of hydrogen-bond donors (Lipinski definition) is 0. The molecule has 12 heavy (non-hydrogen) atoms. The van der Waals surface area contributed by atoms with Gasteiger partial charge in [-0.1, -0.05) is 0 Å². The van der Waals surface area contributed by atoms with E-state index in [9.17, 15) is 0 Å². The number of nitrogens with zero attached hydrogens (tertiary/aromatic N) is 3. The van der Waals surface area contributed by atoms with Crippen molar-refractivity contribution >= 4 is 5.82 Å². The molecule has 0 unspecified atom stereocenters. The van der Waals surface area contributed by atoms with Gasteiger partial charge in [0, 0.05) is 25.4 Å². The van der Waals surface area contributed by atoms with E-state index < -0.39 is 0 Å². The number of anilines is 1. The number of rotatable bonds is 0. The number of hydrogen-bond acceptors (Lipinski definition) is 3. The average Bonchev–Trinajstić information content (AvgIpc) is 2.07. The normalized spacial score (nSPS) is 16.0. The second-order valence-corrected chi connectivity index (χ2v) is 3.29. The summed E-state index contributed by atoms with van der Waals surface area (Å²) in [6, 6.07) is 0. The molecule has 1 aromatic heterocycles. The van der Waals surface area contributed by atoms with Crippen LogP contribution in [0.15, 0.2) is 6.20 Å². The Labute approximate surface area is 72.4 Å². The standard InChI is InChI=1S/C9H13N3/c1-7-10-6-8-4-3-5-12(2)9(8)11-7/h6H,3-5H2,1-2H3. The Morgan fingerprint density at radius 2 is 2.33 bits per heavy atom. The predicted octanol–water partition coefficient (Wildman–Crippen LogP) is 1.17. The van der Waals surface area contributed by atoms with E-state index in [1.54, 1.807) is 0 Å². The molecule has 0 amide bonds. The minimum absolute atomic E-state index is 0.863. The fraction of sp³-hybridized carbons (Fsp3) is 0.556. The average molecular weight is 163 g/mol. The number of aryl methyl sites for hydroxylation is 2. The first-order valence-electron chi connectivity index (χ1n) is 4.31. The predicted molar refractivity (Wildman–Crippen MR) is 48.4 cm³/mol. The van der Waals surface area contributed by atoms with E-state index in [2.05, 4.69) is 21.9 Å². The summed E-state index contributed by atoms with van der Waals surface area (Å²) in [5.74, 6) is 1.98. The van der Waals surface area contributed by atoms with Gasteiger partial charge < -0.3 is 4.90 Å². The first-order valence-corrected chi connectivity index (χ1v) is 4.31. The lowest BCUT2D eigenvalue weighted by molar-refractivity contribution is 0.720. The summed E-state index contributed by atoms with van der Waals surface area (Å²) in [5, 5.41) is 0. The molecule has 0 spiro atoms. The van der Waals surface area contributed by atoms with Crippen molar-refractivity contribution in [2.24, 2.45) is 0 Å². The van der Waals surface area contributed by atoms with Crippen molar-refractivity contribution in [1.29, 1.82) is 0 Å². The molecule has 0 saturated carbocycles. The first kappa shape index (κ1) is 7.53. The number of fused-ring (bicyclic) bond motifs is 1. The monoisotopic (exact) mass is 163 g/mol. The lowest BCUT2D eigenvalue weighted by Gasteiger charge is -2.25. The highest BCUT2D eigenvalue weighted by atomic mass is 15.2. The van der Waals surface area contributed by atoms with Gasteiger partial charge >= 0.3 is 0 Å². The SMILES string of the molecule is Cc1ncc2c(n1)N(C)CCC2. The van der Waals surface area contributed by atoms with Gasteiger partial charge in [0.15, 0.2) is 0 Å². The topological polar surface area (TPSA) is 29.0 Å². The quantitative estimate of drug-likeness (QED) is 0.575. The van der Waals surface area contributed by atoms with Crippen molar-refractivity contribution in [3.05, 3.63) is 17.6 Å². The zero-order valence-electron chi connectivity index (χ0n) is 7.54. The molecule has 0 bridgehead atoms. The Balaban J connectivity index is 2.47. The largest absolute Gasteiger partial charge is 0.359 e. The summed E-state index contributed by atoms with van der Waals surface area (Å²) in [6.45, 7) is 3.05. The molecule has 0 aromatic carbocycles. The molecule has 1 aromatic rings. The third-order valence-corrected chi connectivity index (χ3v) is 2.26. The lowest BCUT2D eigenvalue weighted by atomic mass is 10.1. The van der Waals surface area contributed by atoms with E-state index in [0.29, 0.717) is 0 Å². The smallest absolute Gasteiger partial charge is 0.135 e. The summed E-state index contributed by atoms with van der Waals surface area (Å²) < 4.78 is 0. The highest BCUT2D eigenvalue weighted by Crippen LogP contribution is 2.22. The molecule has 0 saturated heterocycles. The van der Waals surface area contributed by atoms with Crippen LogP contribution < -0.4 is 4.90 Å². The van der Waals surface area contributed by atoms with Crippen LogP contribution in [0.2, 0.25) is 0 Å². The Kier molecular flexibility index (Phi) is 1.71. The Morgan fingerprint density at radius 1 is 1.50 bits per heavy atom. The second-order valence-electron chi connectivity index (χ2n) is 3.29. The summed E-state index contributed by atoms with van der Waals surface area (Å²) in [6.07, 6.45) is 4.29. The van der Waals surface area contributed by atoms with Crippen molar-refractivity contribution in [3.8, 4) is 0 Å². The number of aromatic nitrogens is 2. The minimum atomic E-state index is 0.863. The Morgan fingerprint density at radius 3 is 3.17 bits per heavy atom. The van der Waals surface area contributed by atoms with Gasteiger partial charge in [-0.05, 0) is 19.8 Å². The summed E-state index contributed by atoms with van der Waals surface area (Å²) >= 11 is 0. The molecule has 2 rings (SSSR count). The zero-order valence-corrected chi connectivity index (χ0v) is 7.54. The minimum Gasteiger partial charge on any atom is -0.359 e. The Hall–Kier alpha value is -1.12. The van der Waals surface area contributed by atoms with E-state index in [-0.39, 0.29) is 0 Å². The molecule has 0 atom stereocenters. The van der Waals surface area contributed by atoms with Gasteiger partial charge in [0.25, 0.3) is 0 Å². The second kappa shape index (κ2) is 2.73. The molecule has 0 radical (unpaired) electrons. The zero-order chi connectivity index (χ0) is 8.55. The molecular formula is C9H13N3. The van der Waals surface area contributed by atoms with E-state index in [1.165, 1.54) is 12.0 Å². The van der Waals surface area contributed by atoms with Gasteiger partial charge in [-0.15, -0.1) is 0 Å². The molecule has 0 fully saturated rings. The van der Waals surface area contributed by atoms with E-state index >= 15 is 0 Å². The molecule has 64 valence electrons. The van der Waals surface area contributed by atoms with Crippen molar-refractivity contribution in [2.75, 3.05) is 18.5 Å². The lowest BCUT2D eigenvalue weighted by Crippen LogP contribution is -2.26. The molecule has 3 nitrogen and oxygen atoms in total. The van der Waals surface area contributed by atoms with Crippen LogP contribution in [-0.4, -0.2) is 23.6 Å². The maximum Gasteiger partial charge on any atom is 0.135 e. The fourth-order valence-corrected chi connectivity index (χ4v) is 1.60. The third kappa shape index (κ3) is 1.15.